The number of hydrogen-bond acceptors (Lipinski definition) is 12. The number of rotatable bonds is 34. The van der Waals surface area contributed by atoms with E-state index in [1.807, 2.05) is 41.5 Å². The third-order valence-corrected chi connectivity index (χ3v) is 10.4. The van der Waals surface area contributed by atoms with Gasteiger partial charge in [-0.15, -0.1) is 0 Å². The van der Waals surface area contributed by atoms with Crippen molar-refractivity contribution >= 4 is 53.2 Å². The van der Waals surface area contributed by atoms with Crippen LogP contribution in [0.4, 0.5) is 0 Å². The highest BCUT2D eigenvalue weighted by Crippen LogP contribution is 2.12. The van der Waals surface area contributed by atoms with Crippen LogP contribution >= 0.6 is 0 Å². The van der Waals surface area contributed by atoms with Gasteiger partial charge in [-0.3, -0.25) is 43.2 Å². The highest BCUT2D eigenvalue weighted by Gasteiger charge is 2.33. The van der Waals surface area contributed by atoms with Crippen LogP contribution < -0.4 is 65.5 Å². The fourth-order valence-corrected chi connectivity index (χ4v) is 6.82. The Balaban J connectivity index is 6.10. The van der Waals surface area contributed by atoms with Crippen molar-refractivity contribution in [2.45, 2.75) is 188 Å². The summed E-state index contributed by atoms with van der Waals surface area (Å²) < 4.78 is 0. The molecule has 0 unspecified atom stereocenters. The van der Waals surface area contributed by atoms with Crippen molar-refractivity contribution < 1.29 is 43.2 Å². The maximum absolute atomic E-state index is 13.9. The Hall–Kier alpha value is -4.89. The lowest BCUT2D eigenvalue weighted by Gasteiger charge is -2.27. The van der Waals surface area contributed by atoms with Crippen molar-refractivity contribution in [3.8, 4) is 0 Å². The number of unbranched alkanes of at least 4 members (excludes halogenated alkanes) is 3. The van der Waals surface area contributed by atoms with Crippen LogP contribution in [0.1, 0.15) is 139 Å². The third kappa shape index (κ3) is 26.0. The van der Waals surface area contributed by atoms with Gasteiger partial charge < -0.3 is 65.5 Å². The lowest BCUT2D eigenvalue weighted by Crippen LogP contribution is -2.59. The summed E-state index contributed by atoms with van der Waals surface area (Å²) in [4.78, 5) is 119. The van der Waals surface area contributed by atoms with E-state index in [2.05, 4.69) is 42.5 Å². The van der Waals surface area contributed by atoms with Crippen molar-refractivity contribution in [1.29, 1.82) is 0 Å². The first-order valence-corrected chi connectivity index (χ1v) is 23.3. The first-order valence-electron chi connectivity index (χ1n) is 23.3. The van der Waals surface area contributed by atoms with E-state index in [0.29, 0.717) is 71.0 Å². The summed E-state index contributed by atoms with van der Waals surface area (Å²) in [6, 6.07) is -8.57. The quantitative estimate of drug-likeness (QED) is 0.0344. The van der Waals surface area contributed by atoms with Crippen LogP contribution in [-0.2, 0) is 43.2 Å². The summed E-state index contributed by atoms with van der Waals surface area (Å²) in [7, 11) is 0. The van der Waals surface area contributed by atoms with Gasteiger partial charge in [-0.05, 0) is 128 Å². The van der Waals surface area contributed by atoms with E-state index in [1.165, 1.54) is 20.8 Å². The predicted octanol–water partition coefficient (Wildman–Crippen LogP) is -1.06. The molecule has 0 aliphatic heterocycles. The Morgan fingerprint density at radius 2 is 0.615 bits per heavy atom. The maximum Gasteiger partial charge on any atom is 0.243 e. The van der Waals surface area contributed by atoms with Gasteiger partial charge in [0.25, 0.3) is 0 Å². The van der Waals surface area contributed by atoms with Gasteiger partial charge in [-0.2, -0.15) is 0 Å². The van der Waals surface area contributed by atoms with Crippen LogP contribution in [0.2, 0.25) is 0 Å². The summed E-state index contributed by atoms with van der Waals surface area (Å²) >= 11 is 0. The highest BCUT2D eigenvalue weighted by atomic mass is 16.2. The number of nitrogens with one attached hydrogen (secondary N) is 8. The van der Waals surface area contributed by atoms with E-state index in [1.54, 1.807) is 0 Å². The summed E-state index contributed by atoms with van der Waals surface area (Å²) in [5, 5.41) is 21.3. The molecule has 0 aromatic carbocycles. The summed E-state index contributed by atoms with van der Waals surface area (Å²) in [5.74, 6) is -5.77. The molecule has 0 spiro atoms. The number of hydrogen-bond donors (Lipinski definition) is 12. The van der Waals surface area contributed by atoms with Gasteiger partial charge in [-0.25, -0.2) is 0 Å². The zero-order valence-electron chi connectivity index (χ0n) is 40.4. The first-order chi connectivity index (χ1) is 30.5. The van der Waals surface area contributed by atoms with Gasteiger partial charge in [0, 0.05) is 6.92 Å². The topological polar surface area (TPSA) is 354 Å². The standard InChI is InChI=1S/C44H84N12O9/c1-25(2)22-34(37(48)58)54-41(62)32(17-11-14-20-46)52-38(59)28(7)50-44(65)36(24-27(5)6)56-42(63)33(18-12-15-21-47)53-39(60)29(8)49-43(64)35(23-26(3)4)55-40(61)31(51-30(9)57)16-10-13-19-45/h25-29,31-36H,10-24,45-47H2,1-9H3,(H2,48,58)(H,49,64)(H,50,65)(H,51,57)(H,52,59)(H,53,60)(H,54,62)(H,55,61)(H,56,63)/t28-,29-,31-,32-,33-,34-,35-,36-/m0/s1. The first kappa shape index (κ1) is 60.1. The number of amides is 9. The number of primary amides is 1. The second-order valence-corrected chi connectivity index (χ2v) is 18.2. The summed E-state index contributed by atoms with van der Waals surface area (Å²) in [6.45, 7) is 16.4. The molecule has 9 amide bonds. The molecular formula is C44H84N12O9. The molecule has 0 aliphatic carbocycles. The van der Waals surface area contributed by atoms with E-state index in [4.69, 9.17) is 22.9 Å². The Labute approximate surface area is 386 Å². The van der Waals surface area contributed by atoms with Gasteiger partial charge in [0.1, 0.15) is 48.3 Å². The third-order valence-electron chi connectivity index (χ3n) is 10.4. The van der Waals surface area contributed by atoms with Crippen LogP contribution in [0.15, 0.2) is 0 Å². The van der Waals surface area contributed by atoms with Gasteiger partial charge in [0.05, 0.1) is 0 Å². The van der Waals surface area contributed by atoms with Crippen LogP contribution in [0.5, 0.6) is 0 Å². The normalized spacial score (nSPS) is 15.0. The second-order valence-electron chi connectivity index (χ2n) is 18.2. The maximum atomic E-state index is 13.9. The van der Waals surface area contributed by atoms with Gasteiger partial charge in [-0.1, -0.05) is 41.5 Å². The zero-order valence-corrected chi connectivity index (χ0v) is 40.4. The van der Waals surface area contributed by atoms with Crippen LogP contribution in [0, 0.1) is 17.8 Å². The fraction of sp³-hybridized carbons (Fsp3) is 0.795. The molecular weight excluding hydrogens is 841 g/mol. The number of nitrogens with two attached hydrogens (primary N) is 4. The Bertz CT molecular complexity index is 1530. The largest absolute Gasteiger partial charge is 0.368 e. The molecule has 0 aliphatic rings. The highest BCUT2D eigenvalue weighted by molar-refractivity contribution is 5.97. The molecule has 21 heteroatoms. The van der Waals surface area contributed by atoms with Crippen molar-refractivity contribution in [2.75, 3.05) is 19.6 Å². The lowest BCUT2D eigenvalue weighted by molar-refractivity contribution is -0.136. The van der Waals surface area contributed by atoms with Crippen molar-refractivity contribution in [3.05, 3.63) is 0 Å². The molecule has 0 radical (unpaired) electrons. The molecule has 0 saturated heterocycles. The van der Waals surface area contributed by atoms with Gasteiger partial charge in [0.2, 0.25) is 53.2 Å². The Kier molecular flexibility index (Phi) is 30.3. The van der Waals surface area contributed by atoms with E-state index in [9.17, 15) is 43.2 Å². The van der Waals surface area contributed by atoms with Crippen molar-refractivity contribution in [2.24, 2.45) is 40.7 Å². The SMILES string of the molecule is CC(=O)N[C@@H](CCCCN)C(=O)N[C@@H](CC(C)C)C(=O)N[C@@H](C)C(=O)N[C@@H](CCCCN)C(=O)N[C@@H](CC(C)C)C(=O)N[C@@H](C)C(=O)N[C@@H](CCCCN)C(=O)N[C@@H](CC(C)C)C(N)=O. The van der Waals surface area contributed by atoms with Crippen molar-refractivity contribution in [1.82, 2.24) is 42.5 Å². The lowest BCUT2D eigenvalue weighted by atomic mass is 10.0. The Morgan fingerprint density at radius 3 is 0.892 bits per heavy atom. The minimum atomic E-state index is -1.17. The summed E-state index contributed by atoms with van der Waals surface area (Å²) in [5.41, 5.74) is 22.5. The van der Waals surface area contributed by atoms with E-state index >= 15 is 0 Å². The van der Waals surface area contributed by atoms with Crippen LogP contribution in [-0.4, -0.2) is 121 Å². The molecule has 0 saturated carbocycles. The monoisotopic (exact) mass is 925 g/mol. The average molecular weight is 925 g/mol. The predicted molar refractivity (Wildman–Crippen MR) is 249 cm³/mol. The fourth-order valence-electron chi connectivity index (χ4n) is 6.82. The van der Waals surface area contributed by atoms with E-state index in [0.717, 1.165) is 0 Å². The molecule has 0 fully saturated rings. The molecule has 65 heavy (non-hydrogen) atoms. The minimum Gasteiger partial charge on any atom is -0.368 e. The molecule has 16 N–H and O–H groups in total. The molecule has 374 valence electrons. The zero-order chi connectivity index (χ0) is 49.8. The molecule has 21 nitrogen and oxygen atoms in total. The molecule has 0 rings (SSSR count). The van der Waals surface area contributed by atoms with E-state index < -0.39 is 101 Å². The molecule has 0 aromatic heterocycles. The average Bonchev–Trinajstić information content (AvgIpc) is 3.20. The number of carbonyl (C=O) groups is 9. The smallest absolute Gasteiger partial charge is 0.243 e. The van der Waals surface area contributed by atoms with E-state index in [-0.39, 0.29) is 43.4 Å². The molecule has 0 heterocycles. The summed E-state index contributed by atoms with van der Waals surface area (Å²) in [6.07, 6.45) is 4.61. The van der Waals surface area contributed by atoms with Gasteiger partial charge in [0.15, 0.2) is 0 Å². The molecule has 0 bridgehead atoms. The molecule has 0 aromatic rings. The number of carbonyl (C=O) groups excluding carboxylic acids is 9. The van der Waals surface area contributed by atoms with Crippen LogP contribution in [0.3, 0.4) is 0 Å². The second kappa shape index (κ2) is 32.7. The van der Waals surface area contributed by atoms with Gasteiger partial charge >= 0.3 is 0 Å². The van der Waals surface area contributed by atoms with Crippen LogP contribution in [0.25, 0.3) is 0 Å². The molecule has 8 atom stereocenters. The Morgan fingerprint density at radius 1 is 0.354 bits per heavy atom. The minimum absolute atomic E-state index is 0.0393. The van der Waals surface area contributed by atoms with Crippen molar-refractivity contribution in [3.63, 3.8) is 0 Å².